The van der Waals surface area contributed by atoms with Gasteiger partial charge in [-0.1, -0.05) is 12.1 Å². The first kappa shape index (κ1) is 15.3. The summed E-state index contributed by atoms with van der Waals surface area (Å²) in [6.45, 7) is 7.34. The van der Waals surface area contributed by atoms with Gasteiger partial charge in [-0.25, -0.2) is 0 Å². The van der Waals surface area contributed by atoms with Crippen LogP contribution in [0.1, 0.15) is 18.4 Å². The van der Waals surface area contributed by atoms with Crippen molar-refractivity contribution in [1.82, 2.24) is 10.2 Å². The number of nitrogens with two attached hydrogens (primary N) is 1. The Hall–Kier alpha value is -1.10. The van der Waals surface area contributed by atoms with E-state index in [-0.39, 0.29) is 0 Å². The van der Waals surface area contributed by atoms with Gasteiger partial charge in [0.05, 0.1) is 0 Å². The van der Waals surface area contributed by atoms with Crippen molar-refractivity contribution in [3.63, 3.8) is 0 Å². The zero-order chi connectivity index (χ0) is 14.2. The molecule has 1 heterocycles. The highest BCUT2D eigenvalue weighted by Gasteiger charge is 2.10. The third-order valence-electron chi connectivity index (χ3n) is 3.86. The molecular weight excluding hydrogens is 248 g/mol. The summed E-state index contributed by atoms with van der Waals surface area (Å²) in [4.78, 5) is 4.82. The van der Waals surface area contributed by atoms with E-state index in [0.29, 0.717) is 0 Å². The Balaban J connectivity index is 1.81. The topological polar surface area (TPSA) is 44.5 Å². The van der Waals surface area contributed by atoms with Gasteiger partial charge in [-0.2, -0.15) is 0 Å². The van der Waals surface area contributed by atoms with E-state index in [1.807, 2.05) is 0 Å². The molecule has 3 N–H and O–H groups in total. The molecule has 0 aromatic heterocycles. The van der Waals surface area contributed by atoms with Gasteiger partial charge in [0, 0.05) is 38.4 Å². The number of piperazine rings is 1. The van der Waals surface area contributed by atoms with E-state index in [9.17, 15) is 0 Å². The molecule has 1 aromatic carbocycles. The van der Waals surface area contributed by atoms with E-state index in [1.165, 1.54) is 17.7 Å². The average Bonchev–Trinajstić information content (AvgIpc) is 2.49. The van der Waals surface area contributed by atoms with E-state index in [0.717, 1.165) is 52.2 Å². The molecule has 1 aromatic rings. The molecular formula is C16H28N4. The molecule has 0 bridgehead atoms. The lowest BCUT2D eigenvalue weighted by Crippen LogP contribution is -2.43. The summed E-state index contributed by atoms with van der Waals surface area (Å²) < 4.78 is 0. The van der Waals surface area contributed by atoms with Gasteiger partial charge in [0.1, 0.15) is 0 Å². The van der Waals surface area contributed by atoms with E-state index < -0.39 is 0 Å². The Morgan fingerprint density at radius 1 is 1.15 bits per heavy atom. The van der Waals surface area contributed by atoms with Gasteiger partial charge in [-0.3, -0.25) is 0 Å². The maximum Gasteiger partial charge on any atom is 0.0367 e. The molecule has 0 radical (unpaired) electrons. The smallest absolute Gasteiger partial charge is 0.0367 e. The fourth-order valence-corrected chi connectivity index (χ4v) is 2.65. The fourth-order valence-electron chi connectivity index (χ4n) is 2.65. The van der Waals surface area contributed by atoms with E-state index >= 15 is 0 Å². The van der Waals surface area contributed by atoms with Crippen molar-refractivity contribution >= 4 is 5.69 Å². The molecule has 0 atom stereocenters. The van der Waals surface area contributed by atoms with Crippen LogP contribution < -0.4 is 16.0 Å². The van der Waals surface area contributed by atoms with Crippen molar-refractivity contribution in [1.29, 1.82) is 0 Å². The maximum atomic E-state index is 5.53. The van der Waals surface area contributed by atoms with Crippen LogP contribution in [0.3, 0.4) is 0 Å². The standard InChI is InChI=1S/C16H28N4/c1-19(11-3-2-8-17)14-15-4-6-16(7-5-15)20-12-9-18-10-13-20/h4-7,18H,2-3,8-14,17H2,1H3. The molecule has 1 aliphatic rings. The van der Waals surface area contributed by atoms with Gasteiger partial charge >= 0.3 is 0 Å². The minimum Gasteiger partial charge on any atom is -0.369 e. The van der Waals surface area contributed by atoms with Gasteiger partial charge in [0.2, 0.25) is 0 Å². The van der Waals surface area contributed by atoms with Crippen LogP contribution in [0.5, 0.6) is 0 Å². The van der Waals surface area contributed by atoms with Crippen molar-refractivity contribution < 1.29 is 0 Å². The molecule has 0 saturated carbocycles. The molecule has 1 aliphatic heterocycles. The highest BCUT2D eigenvalue weighted by Crippen LogP contribution is 2.16. The Labute approximate surface area is 122 Å². The van der Waals surface area contributed by atoms with Crippen LogP contribution in [-0.2, 0) is 6.54 Å². The quantitative estimate of drug-likeness (QED) is 0.736. The SMILES string of the molecule is CN(CCCCN)Cc1ccc(N2CCNCC2)cc1. The molecule has 2 rings (SSSR count). The highest BCUT2D eigenvalue weighted by atomic mass is 15.2. The van der Waals surface area contributed by atoms with E-state index in [2.05, 4.69) is 46.4 Å². The maximum absolute atomic E-state index is 5.53. The monoisotopic (exact) mass is 276 g/mol. The van der Waals surface area contributed by atoms with Crippen molar-refractivity contribution in [2.75, 3.05) is 51.2 Å². The molecule has 1 fully saturated rings. The Morgan fingerprint density at radius 2 is 1.85 bits per heavy atom. The number of anilines is 1. The lowest BCUT2D eigenvalue weighted by molar-refractivity contribution is 0.319. The molecule has 20 heavy (non-hydrogen) atoms. The molecule has 0 spiro atoms. The molecule has 0 aliphatic carbocycles. The third kappa shape index (κ3) is 4.78. The van der Waals surface area contributed by atoms with Crippen LogP contribution in [0, 0.1) is 0 Å². The highest BCUT2D eigenvalue weighted by molar-refractivity contribution is 5.48. The van der Waals surface area contributed by atoms with Crippen molar-refractivity contribution in [3.05, 3.63) is 29.8 Å². The summed E-state index contributed by atoms with van der Waals surface area (Å²) in [5, 5.41) is 3.39. The molecule has 4 heteroatoms. The first-order valence-corrected chi connectivity index (χ1v) is 7.73. The number of rotatable bonds is 7. The fraction of sp³-hybridized carbons (Fsp3) is 0.625. The first-order valence-electron chi connectivity index (χ1n) is 7.73. The van der Waals surface area contributed by atoms with Gasteiger partial charge in [0.15, 0.2) is 0 Å². The summed E-state index contributed by atoms with van der Waals surface area (Å²) in [6.07, 6.45) is 2.30. The van der Waals surface area contributed by atoms with Crippen LogP contribution in [-0.4, -0.2) is 51.2 Å². The minimum absolute atomic E-state index is 0.799. The average molecular weight is 276 g/mol. The Morgan fingerprint density at radius 3 is 2.50 bits per heavy atom. The summed E-state index contributed by atoms with van der Waals surface area (Å²) >= 11 is 0. The second-order valence-electron chi connectivity index (χ2n) is 5.64. The number of nitrogens with zero attached hydrogens (tertiary/aromatic N) is 2. The molecule has 112 valence electrons. The predicted octanol–water partition coefficient (Wildman–Crippen LogP) is 1.27. The van der Waals surface area contributed by atoms with Crippen LogP contribution in [0.2, 0.25) is 0 Å². The molecule has 0 amide bonds. The number of hydrogen-bond donors (Lipinski definition) is 2. The number of benzene rings is 1. The largest absolute Gasteiger partial charge is 0.369 e. The summed E-state index contributed by atoms with van der Waals surface area (Å²) in [5.74, 6) is 0. The number of nitrogens with one attached hydrogen (secondary N) is 1. The van der Waals surface area contributed by atoms with Gasteiger partial charge in [-0.15, -0.1) is 0 Å². The minimum atomic E-state index is 0.799. The second kappa shape index (κ2) is 8.25. The summed E-state index contributed by atoms with van der Waals surface area (Å²) in [6, 6.07) is 9.04. The van der Waals surface area contributed by atoms with Gasteiger partial charge < -0.3 is 20.9 Å². The first-order chi connectivity index (χ1) is 9.79. The lowest BCUT2D eigenvalue weighted by atomic mass is 10.1. The van der Waals surface area contributed by atoms with Crippen LogP contribution in [0.15, 0.2) is 24.3 Å². The van der Waals surface area contributed by atoms with Crippen molar-refractivity contribution in [3.8, 4) is 0 Å². The van der Waals surface area contributed by atoms with Gasteiger partial charge in [-0.05, 0) is 50.7 Å². The lowest BCUT2D eigenvalue weighted by Gasteiger charge is -2.29. The Bertz CT molecular complexity index is 371. The van der Waals surface area contributed by atoms with Crippen LogP contribution in [0.4, 0.5) is 5.69 Å². The van der Waals surface area contributed by atoms with E-state index in [4.69, 9.17) is 5.73 Å². The molecule has 1 saturated heterocycles. The summed E-state index contributed by atoms with van der Waals surface area (Å²) in [7, 11) is 2.18. The molecule has 4 nitrogen and oxygen atoms in total. The normalized spacial score (nSPS) is 15.8. The van der Waals surface area contributed by atoms with Crippen molar-refractivity contribution in [2.24, 2.45) is 5.73 Å². The Kier molecular flexibility index (Phi) is 6.30. The molecule has 0 unspecified atom stereocenters. The van der Waals surface area contributed by atoms with Crippen LogP contribution >= 0.6 is 0 Å². The zero-order valence-electron chi connectivity index (χ0n) is 12.6. The predicted molar refractivity (Wildman–Crippen MR) is 86.1 cm³/mol. The zero-order valence-corrected chi connectivity index (χ0v) is 12.6. The third-order valence-corrected chi connectivity index (χ3v) is 3.86. The van der Waals surface area contributed by atoms with Crippen LogP contribution in [0.25, 0.3) is 0 Å². The second-order valence-corrected chi connectivity index (χ2v) is 5.64. The number of hydrogen-bond acceptors (Lipinski definition) is 4. The van der Waals surface area contributed by atoms with Gasteiger partial charge in [0.25, 0.3) is 0 Å². The van der Waals surface area contributed by atoms with E-state index in [1.54, 1.807) is 0 Å². The number of unbranched alkanes of at least 4 members (excludes halogenated alkanes) is 1. The van der Waals surface area contributed by atoms with Crippen molar-refractivity contribution in [2.45, 2.75) is 19.4 Å². The summed E-state index contributed by atoms with van der Waals surface area (Å²) in [5.41, 5.74) is 8.26.